The normalized spacial score (nSPS) is 12.0. The highest BCUT2D eigenvalue weighted by atomic mass is 32.2. The van der Waals surface area contributed by atoms with E-state index >= 15 is 0 Å². The highest BCUT2D eigenvalue weighted by Gasteiger charge is 2.22. The van der Waals surface area contributed by atoms with Crippen molar-refractivity contribution in [3.05, 3.63) is 36.2 Å². The average Bonchev–Trinajstić information content (AvgIpc) is 2.81. The number of rotatable bonds is 5. The lowest BCUT2D eigenvalue weighted by Crippen LogP contribution is -2.19. The van der Waals surface area contributed by atoms with Crippen molar-refractivity contribution >= 4 is 10.0 Å². The van der Waals surface area contributed by atoms with Gasteiger partial charge in [-0.25, -0.2) is 13.6 Å². The van der Waals surface area contributed by atoms with Crippen LogP contribution >= 0.6 is 0 Å². The van der Waals surface area contributed by atoms with Gasteiger partial charge in [0, 0.05) is 5.69 Å². The molecule has 0 bridgehead atoms. The van der Waals surface area contributed by atoms with E-state index in [0.717, 1.165) is 0 Å². The summed E-state index contributed by atoms with van der Waals surface area (Å²) in [6.45, 7) is 3.91. The molecule has 1 heterocycles. The summed E-state index contributed by atoms with van der Waals surface area (Å²) in [6, 6.07) is 8.90. The summed E-state index contributed by atoms with van der Waals surface area (Å²) in [6.07, 6.45) is -0.00569. The predicted molar refractivity (Wildman–Crippen MR) is 72.7 cm³/mol. The average molecular weight is 296 g/mol. The Kier molecular flexibility index (Phi) is 4.17. The SMILES string of the molecule is CC(C)OCc1nnc(S(N)(=O)=O)n1-c1ccccc1. The predicted octanol–water partition coefficient (Wildman–Crippen LogP) is 0.840. The van der Waals surface area contributed by atoms with Crippen molar-refractivity contribution in [3.63, 3.8) is 0 Å². The van der Waals surface area contributed by atoms with E-state index in [1.165, 1.54) is 4.57 Å². The van der Waals surface area contributed by atoms with Gasteiger partial charge in [0.25, 0.3) is 15.2 Å². The summed E-state index contributed by atoms with van der Waals surface area (Å²) in [4.78, 5) is 0. The lowest BCUT2D eigenvalue weighted by Gasteiger charge is -2.11. The van der Waals surface area contributed by atoms with E-state index in [9.17, 15) is 8.42 Å². The molecule has 0 radical (unpaired) electrons. The Balaban J connectivity index is 2.52. The molecule has 8 heteroatoms. The van der Waals surface area contributed by atoms with E-state index in [1.807, 2.05) is 19.9 Å². The molecule has 0 saturated heterocycles. The molecule has 2 aromatic rings. The van der Waals surface area contributed by atoms with Crippen molar-refractivity contribution in [2.75, 3.05) is 0 Å². The second-order valence-electron chi connectivity index (χ2n) is 4.47. The first-order valence-electron chi connectivity index (χ1n) is 6.03. The molecule has 2 rings (SSSR count). The van der Waals surface area contributed by atoms with Crippen LogP contribution in [0.5, 0.6) is 0 Å². The van der Waals surface area contributed by atoms with E-state index in [0.29, 0.717) is 11.5 Å². The zero-order valence-electron chi connectivity index (χ0n) is 11.2. The smallest absolute Gasteiger partial charge is 0.274 e. The molecule has 0 aliphatic carbocycles. The number of para-hydroxylation sites is 1. The number of hydrogen-bond acceptors (Lipinski definition) is 5. The van der Waals surface area contributed by atoms with E-state index < -0.39 is 10.0 Å². The van der Waals surface area contributed by atoms with Crippen LogP contribution in [0, 0.1) is 0 Å². The van der Waals surface area contributed by atoms with Gasteiger partial charge in [0.1, 0.15) is 6.61 Å². The summed E-state index contributed by atoms with van der Waals surface area (Å²) in [5, 5.41) is 12.4. The van der Waals surface area contributed by atoms with Crippen LogP contribution in [0.3, 0.4) is 0 Å². The van der Waals surface area contributed by atoms with Crippen LogP contribution in [0.1, 0.15) is 19.7 Å². The number of nitrogens with zero attached hydrogens (tertiary/aromatic N) is 3. The van der Waals surface area contributed by atoms with Crippen LogP contribution in [0.4, 0.5) is 0 Å². The standard InChI is InChI=1S/C12H16N4O3S/c1-9(2)19-8-11-14-15-12(20(13,17)18)16(11)10-6-4-3-5-7-10/h3-7,9H,8H2,1-2H3,(H2,13,17,18). The number of nitrogens with two attached hydrogens (primary N) is 1. The van der Waals surface area contributed by atoms with Crippen LogP contribution in [-0.2, 0) is 21.4 Å². The maximum Gasteiger partial charge on any atom is 0.274 e. The quantitative estimate of drug-likeness (QED) is 0.881. The Morgan fingerprint density at radius 1 is 1.25 bits per heavy atom. The fraction of sp³-hybridized carbons (Fsp3) is 0.333. The third kappa shape index (κ3) is 3.21. The van der Waals surface area contributed by atoms with E-state index in [1.54, 1.807) is 24.3 Å². The number of primary sulfonamides is 1. The zero-order chi connectivity index (χ0) is 14.8. The van der Waals surface area contributed by atoms with Crippen LogP contribution in [0.15, 0.2) is 35.5 Å². The number of benzene rings is 1. The largest absolute Gasteiger partial charge is 0.371 e. The second kappa shape index (κ2) is 5.70. The van der Waals surface area contributed by atoms with Crippen molar-refractivity contribution in [2.24, 2.45) is 5.14 Å². The van der Waals surface area contributed by atoms with Crippen LogP contribution in [0.2, 0.25) is 0 Å². The lowest BCUT2D eigenvalue weighted by atomic mass is 10.3. The van der Waals surface area contributed by atoms with Gasteiger partial charge in [-0.3, -0.25) is 4.57 Å². The van der Waals surface area contributed by atoms with Crippen LogP contribution < -0.4 is 5.14 Å². The summed E-state index contributed by atoms with van der Waals surface area (Å²) in [5.74, 6) is 0.383. The van der Waals surface area contributed by atoms with E-state index in [-0.39, 0.29) is 17.9 Å². The minimum absolute atomic E-state index is 0.00569. The van der Waals surface area contributed by atoms with Gasteiger partial charge >= 0.3 is 0 Å². The molecule has 0 amide bonds. The number of aromatic nitrogens is 3. The summed E-state index contributed by atoms with van der Waals surface area (Å²) >= 11 is 0. The maximum atomic E-state index is 11.6. The molecule has 0 saturated carbocycles. The molecular formula is C12H16N4O3S. The number of ether oxygens (including phenoxy) is 1. The minimum atomic E-state index is -3.97. The van der Waals surface area contributed by atoms with Gasteiger partial charge in [0.05, 0.1) is 6.10 Å². The summed E-state index contributed by atoms with van der Waals surface area (Å²) in [5.41, 5.74) is 0.615. The molecule has 0 unspecified atom stereocenters. The summed E-state index contributed by atoms with van der Waals surface area (Å²) in [7, 11) is -3.97. The van der Waals surface area contributed by atoms with Gasteiger partial charge in [-0.1, -0.05) is 18.2 Å². The van der Waals surface area contributed by atoms with Crippen molar-refractivity contribution in [1.82, 2.24) is 14.8 Å². The molecular weight excluding hydrogens is 280 g/mol. The summed E-state index contributed by atoms with van der Waals surface area (Å²) < 4.78 is 30.0. The first-order chi connectivity index (χ1) is 9.39. The molecule has 1 aromatic heterocycles. The molecule has 0 fully saturated rings. The highest BCUT2D eigenvalue weighted by molar-refractivity contribution is 7.89. The molecule has 20 heavy (non-hydrogen) atoms. The van der Waals surface area contributed by atoms with Gasteiger partial charge in [0.2, 0.25) is 0 Å². The van der Waals surface area contributed by atoms with Crippen molar-refractivity contribution in [2.45, 2.75) is 31.7 Å². The fourth-order valence-corrected chi connectivity index (χ4v) is 2.28. The molecule has 1 aromatic carbocycles. The molecule has 108 valence electrons. The Hall–Kier alpha value is -1.77. The Morgan fingerprint density at radius 2 is 1.90 bits per heavy atom. The second-order valence-corrected chi connectivity index (χ2v) is 5.93. The minimum Gasteiger partial charge on any atom is -0.371 e. The molecule has 0 aliphatic heterocycles. The first kappa shape index (κ1) is 14.6. The third-order valence-electron chi connectivity index (χ3n) is 2.52. The molecule has 0 spiro atoms. The van der Waals surface area contributed by atoms with E-state index in [2.05, 4.69) is 10.2 Å². The van der Waals surface area contributed by atoms with Crippen molar-refractivity contribution < 1.29 is 13.2 Å². The number of sulfonamides is 1. The van der Waals surface area contributed by atoms with Gasteiger partial charge < -0.3 is 4.74 Å². The Bertz CT molecular complexity index is 680. The van der Waals surface area contributed by atoms with Crippen LogP contribution in [-0.4, -0.2) is 29.3 Å². The van der Waals surface area contributed by atoms with Crippen LogP contribution in [0.25, 0.3) is 5.69 Å². The molecule has 0 aliphatic rings. The van der Waals surface area contributed by atoms with Gasteiger partial charge in [-0.15, -0.1) is 10.2 Å². The fourth-order valence-electron chi connectivity index (χ4n) is 1.66. The Labute approximate surface area is 117 Å². The van der Waals surface area contributed by atoms with Gasteiger partial charge in [0.15, 0.2) is 5.82 Å². The lowest BCUT2D eigenvalue weighted by molar-refractivity contribution is 0.0602. The topological polar surface area (TPSA) is 100 Å². The molecule has 0 atom stereocenters. The number of hydrogen-bond donors (Lipinski definition) is 1. The maximum absolute atomic E-state index is 11.6. The zero-order valence-corrected chi connectivity index (χ0v) is 12.0. The monoisotopic (exact) mass is 296 g/mol. The van der Waals surface area contributed by atoms with E-state index in [4.69, 9.17) is 9.88 Å². The van der Waals surface area contributed by atoms with Crippen molar-refractivity contribution in [1.29, 1.82) is 0 Å². The third-order valence-corrected chi connectivity index (χ3v) is 3.29. The molecule has 7 nitrogen and oxygen atoms in total. The van der Waals surface area contributed by atoms with Crippen molar-refractivity contribution in [3.8, 4) is 5.69 Å². The first-order valence-corrected chi connectivity index (χ1v) is 7.58. The Morgan fingerprint density at radius 3 is 2.45 bits per heavy atom. The van der Waals surface area contributed by atoms with Gasteiger partial charge in [-0.2, -0.15) is 0 Å². The molecule has 2 N–H and O–H groups in total. The highest BCUT2D eigenvalue weighted by Crippen LogP contribution is 2.16. The van der Waals surface area contributed by atoms with Gasteiger partial charge in [-0.05, 0) is 26.0 Å².